The van der Waals surface area contributed by atoms with E-state index in [-0.39, 0.29) is 5.57 Å². The van der Waals surface area contributed by atoms with Crippen LogP contribution in [-0.4, -0.2) is 37.2 Å². The van der Waals surface area contributed by atoms with Crippen molar-refractivity contribution in [1.82, 2.24) is 0 Å². The quantitative estimate of drug-likeness (QED) is 0.513. The van der Waals surface area contributed by atoms with Crippen molar-refractivity contribution < 1.29 is 29.0 Å². The van der Waals surface area contributed by atoms with Crippen LogP contribution in [0.2, 0.25) is 0 Å². The van der Waals surface area contributed by atoms with Gasteiger partial charge >= 0.3 is 17.9 Å². The van der Waals surface area contributed by atoms with Crippen molar-refractivity contribution in [3.8, 4) is 0 Å². The molecule has 0 aromatic heterocycles. The van der Waals surface area contributed by atoms with Crippen LogP contribution in [0.5, 0.6) is 0 Å². The van der Waals surface area contributed by atoms with E-state index in [0.29, 0.717) is 0 Å². The lowest BCUT2D eigenvalue weighted by Gasteiger charge is -2.11. The lowest BCUT2D eigenvalue weighted by Crippen LogP contribution is -2.24. The molecule has 0 saturated carbocycles. The van der Waals surface area contributed by atoms with Gasteiger partial charge in [-0.15, -0.1) is 0 Å². The molecule has 0 aliphatic heterocycles. The smallest absolute Gasteiger partial charge is 0.334 e. The number of aliphatic carboxylic acids is 1. The highest BCUT2D eigenvalue weighted by molar-refractivity contribution is 5.96. The Labute approximate surface area is 86.5 Å². The Morgan fingerprint density at radius 2 is 1.80 bits per heavy atom. The number of carbonyl (C=O) groups excluding carboxylic acids is 2. The Morgan fingerprint density at radius 1 is 1.27 bits per heavy atom. The van der Waals surface area contributed by atoms with E-state index < -0.39 is 30.2 Å². The molecule has 0 saturated heterocycles. The van der Waals surface area contributed by atoms with Gasteiger partial charge in [-0.2, -0.15) is 0 Å². The molecule has 0 rings (SSSR count). The summed E-state index contributed by atoms with van der Waals surface area (Å²) in [5.74, 6) is -4.22. The first kappa shape index (κ1) is 13.2. The van der Waals surface area contributed by atoms with Crippen molar-refractivity contribution in [2.45, 2.75) is 6.42 Å². The Kier molecular flexibility index (Phi) is 5.08. The molecule has 0 bridgehead atoms. The Morgan fingerprint density at radius 3 is 2.13 bits per heavy atom. The third kappa shape index (κ3) is 3.80. The Bertz CT molecular complexity index is 293. The average Bonchev–Trinajstić information content (AvgIpc) is 2.22. The van der Waals surface area contributed by atoms with Gasteiger partial charge in [-0.25, -0.2) is 4.79 Å². The zero-order valence-electron chi connectivity index (χ0n) is 8.48. The van der Waals surface area contributed by atoms with E-state index in [0.717, 1.165) is 14.2 Å². The minimum absolute atomic E-state index is 0.282. The van der Waals surface area contributed by atoms with E-state index in [1.165, 1.54) is 0 Å². The van der Waals surface area contributed by atoms with Gasteiger partial charge in [-0.1, -0.05) is 6.58 Å². The standard InChI is InChI=1S/C9H12O6/c1-5(9(13)15-3)6(8(11)12)4-7(10)14-2/h6H,1,4H2,2-3H3,(H,11,12). The van der Waals surface area contributed by atoms with Gasteiger partial charge in [0.15, 0.2) is 0 Å². The van der Waals surface area contributed by atoms with E-state index >= 15 is 0 Å². The fourth-order valence-electron chi connectivity index (χ4n) is 0.883. The molecule has 0 fully saturated rings. The van der Waals surface area contributed by atoms with Gasteiger partial charge in [-0.3, -0.25) is 9.59 Å². The fourth-order valence-corrected chi connectivity index (χ4v) is 0.883. The third-order valence-electron chi connectivity index (χ3n) is 1.76. The van der Waals surface area contributed by atoms with Crippen LogP contribution in [0.15, 0.2) is 12.2 Å². The second-order valence-electron chi connectivity index (χ2n) is 2.69. The van der Waals surface area contributed by atoms with Gasteiger partial charge in [0.25, 0.3) is 0 Å². The first-order chi connectivity index (χ1) is 6.93. The zero-order chi connectivity index (χ0) is 12.0. The predicted molar refractivity (Wildman–Crippen MR) is 48.9 cm³/mol. The van der Waals surface area contributed by atoms with E-state index in [4.69, 9.17) is 5.11 Å². The van der Waals surface area contributed by atoms with Gasteiger partial charge in [0, 0.05) is 5.57 Å². The molecule has 15 heavy (non-hydrogen) atoms. The monoisotopic (exact) mass is 216 g/mol. The lowest BCUT2D eigenvalue weighted by atomic mass is 9.97. The van der Waals surface area contributed by atoms with Gasteiger partial charge in [-0.05, 0) is 0 Å². The van der Waals surface area contributed by atoms with Crippen LogP contribution in [0.4, 0.5) is 0 Å². The molecule has 0 aromatic rings. The van der Waals surface area contributed by atoms with Crippen molar-refractivity contribution in [2.75, 3.05) is 14.2 Å². The molecule has 0 heterocycles. The second kappa shape index (κ2) is 5.79. The van der Waals surface area contributed by atoms with E-state index in [1.807, 2.05) is 0 Å². The highest BCUT2D eigenvalue weighted by Gasteiger charge is 2.29. The Hall–Kier alpha value is -1.85. The van der Waals surface area contributed by atoms with Gasteiger partial charge in [0.2, 0.25) is 0 Å². The summed E-state index contributed by atoms with van der Waals surface area (Å²) in [5.41, 5.74) is -0.282. The predicted octanol–water partition coefficient (Wildman–Crippen LogP) is -0.0205. The molecule has 84 valence electrons. The summed E-state index contributed by atoms with van der Waals surface area (Å²) in [4.78, 5) is 32.6. The third-order valence-corrected chi connectivity index (χ3v) is 1.76. The highest BCUT2D eigenvalue weighted by atomic mass is 16.5. The molecule has 1 unspecified atom stereocenters. The molecule has 6 nitrogen and oxygen atoms in total. The van der Waals surface area contributed by atoms with Crippen molar-refractivity contribution in [3.63, 3.8) is 0 Å². The van der Waals surface area contributed by atoms with Crippen molar-refractivity contribution >= 4 is 17.9 Å². The molecule has 1 N–H and O–H groups in total. The summed E-state index contributed by atoms with van der Waals surface area (Å²) in [5, 5.41) is 8.76. The van der Waals surface area contributed by atoms with Crippen LogP contribution in [0.25, 0.3) is 0 Å². The number of methoxy groups -OCH3 is 2. The van der Waals surface area contributed by atoms with Gasteiger partial charge < -0.3 is 14.6 Å². The number of hydrogen-bond donors (Lipinski definition) is 1. The number of hydrogen-bond acceptors (Lipinski definition) is 5. The first-order valence-electron chi connectivity index (χ1n) is 4.00. The maximum Gasteiger partial charge on any atom is 0.334 e. The normalized spacial score (nSPS) is 11.3. The molecule has 0 aromatic carbocycles. The molecular weight excluding hydrogens is 204 g/mol. The molecule has 0 aliphatic rings. The topological polar surface area (TPSA) is 89.9 Å². The maximum absolute atomic E-state index is 11.0. The minimum atomic E-state index is -1.32. The van der Waals surface area contributed by atoms with Crippen LogP contribution < -0.4 is 0 Å². The van der Waals surface area contributed by atoms with Crippen LogP contribution in [0, 0.1) is 5.92 Å². The molecular formula is C9H12O6. The minimum Gasteiger partial charge on any atom is -0.481 e. The molecule has 0 amide bonds. The summed E-state index contributed by atoms with van der Waals surface area (Å²) >= 11 is 0. The number of rotatable bonds is 5. The van der Waals surface area contributed by atoms with Gasteiger partial charge in [0.1, 0.15) is 0 Å². The van der Waals surface area contributed by atoms with Crippen molar-refractivity contribution in [1.29, 1.82) is 0 Å². The van der Waals surface area contributed by atoms with Crippen LogP contribution in [0.1, 0.15) is 6.42 Å². The maximum atomic E-state index is 11.0. The van der Waals surface area contributed by atoms with Crippen molar-refractivity contribution in [3.05, 3.63) is 12.2 Å². The summed E-state index contributed by atoms with van der Waals surface area (Å²) < 4.78 is 8.60. The molecule has 0 spiro atoms. The van der Waals surface area contributed by atoms with E-state index in [9.17, 15) is 14.4 Å². The summed E-state index contributed by atoms with van der Waals surface area (Å²) in [7, 11) is 2.23. The number of carbonyl (C=O) groups is 3. The first-order valence-corrected chi connectivity index (χ1v) is 4.00. The number of esters is 2. The molecule has 6 heteroatoms. The van der Waals surface area contributed by atoms with Crippen LogP contribution in [0.3, 0.4) is 0 Å². The summed E-state index contributed by atoms with van der Waals surface area (Å²) in [6.45, 7) is 3.27. The fraction of sp³-hybridized carbons (Fsp3) is 0.444. The SMILES string of the molecule is C=C(C(=O)OC)C(CC(=O)OC)C(=O)O. The van der Waals surface area contributed by atoms with Crippen molar-refractivity contribution in [2.24, 2.45) is 5.92 Å². The number of carboxylic acids is 1. The lowest BCUT2D eigenvalue weighted by molar-refractivity contribution is -0.150. The van der Waals surface area contributed by atoms with E-state index in [2.05, 4.69) is 16.1 Å². The van der Waals surface area contributed by atoms with Gasteiger partial charge in [0.05, 0.1) is 26.6 Å². The molecule has 0 radical (unpaired) electrons. The molecule has 0 aliphatic carbocycles. The zero-order valence-corrected chi connectivity index (χ0v) is 8.48. The Balaban J connectivity index is 4.67. The van der Waals surface area contributed by atoms with E-state index in [1.54, 1.807) is 0 Å². The number of carboxylic acid groups (broad SMARTS) is 1. The average molecular weight is 216 g/mol. The number of ether oxygens (including phenoxy) is 2. The van der Waals surface area contributed by atoms with Crippen LogP contribution >= 0.6 is 0 Å². The summed E-state index contributed by atoms with van der Waals surface area (Å²) in [6.07, 6.45) is -0.445. The largest absolute Gasteiger partial charge is 0.481 e. The highest BCUT2D eigenvalue weighted by Crippen LogP contribution is 2.16. The second-order valence-corrected chi connectivity index (χ2v) is 2.69. The summed E-state index contributed by atoms with van der Waals surface area (Å²) in [6, 6.07) is 0. The molecule has 1 atom stereocenters. The van der Waals surface area contributed by atoms with Crippen LogP contribution in [-0.2, 0) is 23.9 Å².